The Morgan fingerprint density at radius 2 is 2.19 bits per heavy atom. The van der Waals surface area contributed by atoms with Crippen molar-refractivity contribution < 1.29 is 4.79 Å². The third-order valence-corrected chi connectivity index (χ3v) is 3.28. The summed E-state index contributed by atoms with van der Waals surface area (Å²) in [6.45, 7) is 6.07. The highest BCUT2D eigenvalue weighted by atomic mass is 16.1. The van der Waals surface area contributed by atoms with Crippen LogP contribution in [0.1, 0.15) is 51.1 Å². The Morgan fingerprint density at radius 1 is 1.38 bits per heavy atom. The predicted octanol–water partition coefficient (Wildman–Crippen LogP) is 2.36. The fourth-order valence-corrected chi connectivity index (χ4v) is 2.24. The molecule has 116 valence electrons. The van der Waals surface area contributed by atoms with E-state index in [2.05, 4.69) is 30.5 Å². The van der Waals surface area contributed by atoms with Gasteiger partial charge in [0.15, 0.2) is 0 Å². The van der Waals surface area contributed by atoms with Gasteiger partial charge in [-0.05, 0) is 31.0 Å². The van der Waals surface area contributed by atoms with Gasteiger partial charge in [0.05, 0.1) is 12.5 Å². The Balaban J connectivity index is 2.53. The van der Waals surface area contributed by atoms with E-state index in [1.807, 2.05) is 23.0 Å². The number of hydrogen-bond donors (Lipinski definition) is 2. The smallest absolute Gasteiger partial charge is 0.239 e. The molecule has 5 heteroatoms. The number of aromatic nitrogens is 1. The zero-order chi connectivity index (χ0) is 15.5. The highest BCUT2D eigenvalue weighted by Crippen LogP contribution is 2.18. The van der Waals surface area contributed by atoms with Crippen molar-refractivity contribution in [1.29, 1.82) is 5.26 Å². The van der Waals surface area contributed by atoms with Gasteiger partial charge in [0.2, 0.25) is 5.91 Å². The van der Waals surface area contributed by atoms with Crippen LogP contribution < -0.4 is 10.6 Å². The van der Waals surface area contributed by atoms with Crippen molar-refractivity contribution in [1.82, 2.24) is 15.2 Å². The molecule has 0 radical (unpaired) electrons. The molecule has 1 unspecified atom stereocenters. The molecule has 0 aliphatic rings. The van der Waals surface area contributed by atoms with Crippen LogP contribution in [0.2, 0.25) is 0 Å². The lowest BCUT2D eigenvalue weighted by molar-refractivity contribution is -0.121. The predicted molar refractivity (Wildman–Crippen MR) is 83.6 cm³/mol. The highest BCUT2D eigenvalue weighted by molar-refractivity contribution is 5.75. The summed E-state index contributed by atoms with van der Waals surface area (Å²) in [6.07, 6.45) is 7.66. The lowest BCUT2D eigenvalue weighted by atomic mass is 10.1. The Labute approximate surface area is 127 Å². The first-order valence-corrected chi connectivity index (χ1v) is 7.74. The molecule has 5 nitrogen and oxygen atoms in total. The van der Waals surface area contributed by atoms with Gasteiger partial charge in [-0.25, -0.2) is 0 Å². The molecule has 1 heterocycles. The van der Waals surface area contributed by atoms with Crippen molar-refractivity contribution in [2.24, 2.45) is 0 Å². The number of hydrogen-bond acceptors (Lipinski definition) is 3. The van der Waals surface area contributed by atoms with Crippen LogP contribution in [0.3, 0.4) is 0 Å². The first-order chi connectivity index (χ1) is 10.2. The van der Waals surface area contributed by atoms with Crippen LogP contribution >= 0.6 is 0 Å². The van der Waals surface area contributed by atoms with Gasteiger partial charge in [-0.2, -0.15) is 5.26 Å². The van der Waals surface area contributed by atoms with Gasteiger partial charge in [-0.15, -0.1) is 0 Å². The second kappa shape index (κ2) is 10.0. The molecule has 1 atom stereocenters. The molecule has 21 heavy (non-hydrogen) atoms. The van der Waals surface area contributed by atoms with Crippen molar-refractivity contribution >= 4 is 5.91 Å². The number of carbonyl (C=O) groups is 1. The lowest BCUT2D eigenvalue weighted by Gasteiger charge is -2.16. The van der Waals surface area contributed by atoms with Gasteiger partial charge >= 0.3 is 0 Å². The fraction of sp³-hybridized carbons (Fsp3) is 0.625. The van der Waals surface area contributed by atoms with E-state index in [1.165, 1.54) is 5.56 Å². The zero-order valence-corrected chi connectivity index (χ0v) is 13.1. The average molecular weight is 290 g/mol. The van der Waals surface area contributed by atoms with Crippen molar-refractivity contribution in [3.8, 4) is 6.07 Å². The summed E-state index contributed by atoms with van der Waals surface area (Å²) >= 11 is 0. The number of nitrogens with one attached hydrogen (secondary N) is 2. The minimum absolute atomic E-state index is 0.0547. The molecule has 0 saturated carbocycles. The van der Waals surface area contributed by atoms with Crippen molar-refractivity contribution in [2.75, 3.05) is 13.1 Å². The Bertz CT molecular complexity index is 461. The fourth-order valence-electron chi connectivity index (χ4n) is 2.24. The van der Waals surface area contributed by atoms with E-state index in [1.54, 1.807) is 0 Å². The maximum Gasteiger partial charge on any atom is 0.239 e. The monoisotopic (exact) mass is 290 g/mol. The summed E-state index contributed by atoms with van der Waals surface area (Å²) in [7, 11) is 0. The molecule has 0 bridgehead atoms. The Kier molecular flexibility index (Phi) is 8.22. The maximum atomic E-state index is 11.7. The summed E-state index contributed by atoms with van der Waals surface area (Å²) in [5, 5.41) is 14.7. The van der Waals surface area contributed by atoms with E-state index in [9.17, 15) is 4.79 Å². The second-order valence-electron chi connectivity index (χ2n) is 5.17. The first kappa shape index (κ1) is 17.3. The van der Waals surface area contributed by atoms with Crippen molar-refractivity contribution in [3.05, 3.63) is 24.0 Å². The summed E-state index contributed by atoms with van der Waals surface area (Å²) in [4.78, 5) is 11.7. The number of amides is 1. The molecule has 1 aromatic rings. The number of nitrogens with zero attached hydrogens (tertiary/aromatic N) is 2. The lowest BCUT2D eigenvalue weighted by Crippen LogP contribution is -2.28. The van der Waals surface area contributed by atoms with Gasteiger partial charge in [0.25, 0.3) is 0 Å². The summed E-state index contributed by atoms with van der Waals surface area (Å²) < 4.78 is 1.90. The van der Waals surface area contributed by atoms with E-state index in [0.29, 0.717) is 25.6 Å². The van der Waals surface area contributed by atoms with E-state index < -0.39 is 0 Å². The van der Waals surface area contributed by atoms with Gasteiger partial charge in [-0.3, -0.25) is 4.79 Å². The summed E-state index contributed by atoms with van der Waals surface area (Å²) in [5.41, 5.74) is 1.23. The molecular formula is C16H26N4O. The van der Waals surface area contributed by atoms with E-state index >= 15 is 0 Å². The quantitative estimate of drug-likeness (QED) is 0.650. The maximum absolute atomic E-state index is 11.7. The molecule has 0 aliphatic heterocycles. The van der Waals surface area contributed by atoms with Crippen LogP contribution in [0.5, 0.6) is 0 Å². The zero-order valence-electron chi connectivity index (χ0n) is 13.1. The minimum atomic E-state index is -0.0547. The molecule has 0 spiro atoms. The summed E-state index contributed by atoms with van der Waals surface area (Å²) in [5.74, 6) is -0.0547. The van der Waals surface area contributed by atoms with Crippen molar-refractivity contribution in [2.45, 2.75) is 52.1 Å². The largest absolute Gasteiger partial charge is 0.354 e. The molecule has 2 N–H and O–H groups in total. The van der Waals surface area contributed by atoms with Crippen LogP contribution in [0.15, 0.2) is 18.5 Å². The third-order valence-electron chi connectivity index (χ3n) is 3.28. The van der Waals surface area contributed by atoms with Crippen LogP contribution in [-0.4, -0.2) is 23.6 Å². The molecule has 1 rings (SSSR count). The first-order valence-electron chi connectivity index (χ1n) is 7.74. The van der Waals surface area contributed by atoms with E-state index in [0.717, 1.165) is 25.8 Å². The summed E-state index contributed by atoms with van der Waals surface area (Å²) in [6, 6.07) is 4.44. The minimum Gasteiger partial charge on any atom is -0.354 e. The molecule has 0 saturated heterocycles. The molecule has 0 aliphatic carbocycles. The average Bonchev–Trinajstić information content (AvgIpc) is 2.92. The third kappa shape index (κ3) is 6.46. The Morgan fingerprint density at radius 3 is 2.86 bits per heavy atom. The van der Waals surface area contributed by atoms with Crippen LogP contribution in [0.25, 0.3) is 0 Å². The standard InChI is InChI=1S/C16H26N4O/c1-3-6-15(18-9-4-2)14-7-11-20(12-14)13-16(21)19-10-5-8-17/h7,11-12,15,18H,3-6,9-10,13H2,1-2H3,(H,19,21). The SMILES string of the molecule is CCCNC(CCC)c1ccn(CC(=O)NCCC#N)c1. The van der Waals surface area contributed by atoms with Gasteiger partial charge in [-0.1, -0.05) is 20.3 Å². The van der Waals surface area contributed by atoms with Gasteiger partial charge in [0.1, 0.15) is 6.54 Å². The van der Waals surface area contributed by atoms with Crippen LogP contribution in [0.4, 0.5) is 0 Å². The second-order valence-corrected chi connectivity index (χ2v) is 5.17. The normalized spacial score (nSPS) is 11.9. The number of carbonyl (C=O) groups excluding carboxylic acids is 1. The number of nitriles is 1. The van der Waals surface area contributed by atoms with E-state index in [4.69, 9.17) is 5.26 Å². The molecule has 1 amide bonds. The number of rotatable bonds is 10. The van der Waals surface area contributed by atoms with Crippen LogP contribution in [0, 0.1) is 11.3 Å². The van der Waals surface area contributed by atoms with E-state index in [-0.39, 0.29) is 5.91 Å². The Hall–Kier alpha value is -1.80. The topological polar surface area (TPSA) is 69.8 Å². The van der Waals surface area contributed by atoms with Crippen molar-refractivity contribution in [3.63, 3.8) is 0 Å². The van der Waals surface area contributed by atoms with Gasteiger partial charge in [0, 0.05) is 25.0 Å². The molecule has 0 aromatic carbocycles. The molecule has 1 aromatic heterocycles. The molecular weight excluding hydrogens is 264 g/mol. The van der Waals surface area contributed by atoms with Crippen LogP contribution in [-0.2, 0) is 11.3 Å². The van der Waals surface area contributed by atoms with Gasteiger partial charge < -0.3 is 15.2 Å². The highest BCUT2D eigenvalue weighted by Gasteiger charge is 2.11. The molecule has 0 fully saturated rings.